The Morgan fingerprint density at radius 2 is 0.580 bits per heavy atom. The number of guanidine groups is 9. The molecule has 13 amide bonds. The SMILES string of the molecule is N#Cc1ccc(-c2ccc(C[C@H](NC(=O)[C@H](CCCNC(=N)N)NC(=O)[C@H](CCC(=O)O)NC(=O)[C@H](CCCNC(=N)N)NC(=O)[C@H](CCCNC(=N)N)NC(=O)[C@H](CCCNC(=N)N)NC(=O)[C@H](CCCNC(=N)N)NC(=O)[C@H](CCCNC(=N)N)NC(=O)[C@H](CCCNC(=N)N)NC(=O)[C@H](CCCNC(=N)N)NC(=O)[C@H](CCCNC(=N)N)NC(=O)CCCC[C@@H]3SC[C@@H]4NC(=O)N[C@@H]43)C(=O)O)cc2)cc1. The van der Waals surface area contributed by atoms with Gasteiger partial charge in [0.05, 0.1) is 23.7 Å². The van der Waals surface area contributed by atoms with Gasteiger partial charge in [-0.15, -0.1) is 0 Å². The van der Waals surface area contributed by atoms with E-state index in [0.29, 0.717) is 30.4 Å². The van der Waals surface area contributed by atoms with Crippen LogP contribution in [0.2, 0.25) is 0 Å². The van der Waals surface area contributed by atoms with Crippen molar-refractivity contribution in [2.24, 2.45) is 51.6 Å². The highest BCUT2D eigenvalue weighted by molar-refractivity contribution is 8.00. The molecule has 57 nitrogen and oxygen atoms in total. The average molecular weight is 2030 g/mol. The summed E-state index contributed by atoms with van der Waals surface area (Å²) in [6, 6.07) is -2.93. The maximum atomic E-state index is 15.2. The molecule has 2 heterocycles. The van der Waals surface area contributed by atoms with E-state index in [4.69, 9.17) is 100 Å². The fourth-order valence-corrected chi connectivity index (χ4v) is 16.5. The zero-order valence-electron chi connectivity index (χ0n) is 79.6. The molecular weight excluding hydrogens is 1880 g/mol. The van der Waals surface area contributed by atoms with Crippen molar-refractivity contribution in [2.45, 2.75) is 244 Å². The molecule has 790 valence electrons. The number of hydrogen-bond acceptors (Lipinski definition) is 25. The number of unbranched alkanes of at least 4 members (excludes halogenated alkanes) is 1. The fraction of sp³-hybridized carbons (Fsp3) is 0.576. The number of nitriles is 1. The Morgan fingerprint density at radius 1 is 0.336 bits per heavy atom. The Kier molecular flexibility index (Phi) is 54.4. The van der Waals surface area contributed by atoms with Crippen LogP contribution in [0.3, 0.4) is 0 Å². The summed E-state index contributed by atoms with van der Waals surface area (Å²) in [5.41, 5.74) is 52.7. The topological polar surface area (TPSA) is 1020 Å². The zero-order chi connectivity index (χ0) is 106. The number of carboxylic acid groups (broad SMARTS) is 2. The van der Waals surface area contributed by atoms with Crippen molar-refractivity contribution in [3.05, 3.63) is 59.7 Å². The largest absolute Gasteiger partial charge is 0.481 e. The Balaban J connectivity index is 1.75. The van der Waals surface area contributed by atoms with Crippen LogP contribution in [0.1, 0.15) is 165 Å². The summed E-state index contributed by atoms with van der Waals surface area (Å²) in [6.45, 7) is -0.514. The number of urea groups is 1. The summed E-state index contributed by atoms with van der Waals surface area (Å²) in [6.07, 6.45) is -2.61. The quantitative estimate of drug-likeness (QED) is 0.0127. The number of amides is 13. The maximum absolute atomic E-state index is 15.2. The Hall–Kier alpha value is -15.9. The minimum atomic E-state index is -1.85. The maximum Gasteiger partial charge on any atom is 0.326 e. The third-order valence-electron chi connectivity index (χ3n) is 22.3. The van der Waals surface area contributed by atoms with Crippen LogP contribution >= 0.6 is 11.8 Å². The smallest absolute Gasteiger partial charge is 0.326 e. The molecule has 4 rings (SSSR count). The Morgan fingerprint density at radius 3 is 0.825 bits per heavy atom. The standard InChI is InChI=1S/C85H143N41O16S/c86-43-46-25-29-48(30-26-46)47-27-23-45(24-28-47)42-59(75(140)141)124-73(138)57(20-11-41-113-84(103)104)122-74(139)58(31-32-63(128)129)123-72(137)56(19-10-40-112-83(101)102)121-71(136)55(18-9-39-111-82(99)100)120-70(135)54(17-8-38-110-81(97)98)119-69(134)53(16-7-37-109-80(95)96)118-68(133)52(15-6-36-108-79(93)94)117-67(132)51(14-5-35-107-78(91)92)116-66(131)50(13-4-34-106-77(89)90)115-65(130)49(12-3-33-105-76(87)88)114-62(127)22-2-1-21-61-64-60(44-143-61)125-85(142)126-64/h23-30,49-61,64H,1-22,31-42,44H2,(H,114,127)(H,115,130)(H,116,131)(H,117,132)(H,118,133)(H,119,134)(H,120,135)(H,121,136)(H,122,139)(H,123,137)(H,124,138)(H,128,129)(H,140,141)(H4,87,88,105)(H4,89,90,106)(H4,91,92,107)(H4,93,94,108)(H4,95,96,109)(H4,97,98,110)(H4,99,100,111)(H4,101,102,112)(H4,103,104,113)(H2,125,126,142)/t49-,50-,51-,52-,53-,54-,55-,56-,57-,58-,59-,60-,61-,64-/m0/s1. The number of carboxylic acids is 2. The van der Waals surface area contributed by atoms with E-state index in [-0.39, 0.29) is 217 Å². The molecule has 0 saturated carbocycles. The molecule has 0 aromatic heterocycles. The van der Waals surface area contributed by atoms with Crippen LogP contribution in [0, 0.1) is 60.0 Å². The monoisotopic (exact) mass is 2030 g/mol. The van der Waals surface area contributed by atoms with Crippen LogP contribution in [-0.2, 0) is 68.7 Å². The van der Waals surface area contributed by atoms with E-state index in [1.54, 1.807) is 60.3 Å². The summed E-state index contributed by atoms with van der Waals surface area (Å²) in [4.78, 5) is 200. The first kappa shape index (κ1) is 119. The van der Waals surface area contributed by atoms with Crippen molar-refractivity contribution < 1.29 is 77.3 Å². The molecule has 0 unspecified atom stereocenters. The van der Waals surface area contributed by atoms with Crippen molar-refractivity contribution in [3.63, 3.8) is 0 Å². The molecule has 0 radical (unpaired) electrons. The van der Waals surface area contributed by atoms with Crippen LogP contribution in [-0.4, -0.2) is 295 Å². The molecule has 51 N–H and O–H groups in total. The van der Waals surface area contributed by atoms with Crippen LogP contribution in [0.4, 0.5) is 4.79 Å². The molecule has 2 aromatic rings. The van der Waals surface area contributed by atoms with Gasteiger partial charge in [-0.3, -0.25) is 106 Å². The lowest BCUT2D eigenvalue weighted by Crippen LogP contribution is -2.61. The highest BCUT2D eigenvalue weighted by Gasteiger charge is 2.43. The number of nitrogens with zero attached hydrogens (tertiary/aromatic N) is 1. The predicted molar refractivity (Wildman–Crippen MR) is 532 cm³/mol. The number of carbonyl (C=O) groups is 14. The first-order valence-corrected chi connectivity index (χ1v) is 47.7. The summed E-state index contributed by atoms with van der Waals surface area (Å²) in [7, 11) is 0. The zero-order valence-corrected chi connectivity index (χ0v) is 80.4. The van der Waals surface area contributed by atoms with Gasteiger partial charge in [0.2, 0.25) is 65.0 Å². The number of aliphatic carboxylic acids is 2. The lowest BCUT2D eigenvalue weighted by molar-refractivity contribution is -0.142. The van der Waals surface area contributed by atoms with E-state index in [0.717, 1.165) is 16.9 Å². The molecule has 14 atom stereocenters. The molecule has 143 heavy (non-hydrogen) atoms. The van der Waals surface area contributed by atoms with Gasteiger partial charge in [-0.25, -0.2) is 9.59 Å². The number of hydrogen-bond donors (Lipinski definition) is 42. The summed E-state index contributed by atoms with van der Waals surface area (Å²) in [5, 5.41) is 158. The molecule has 58 heteroatoms. The third-order valence-corrected chi connectivity index (χ3v) is 23.8. The second-order valence-electron chi connectivity index (χ2n) is 33.8. The highest BCUT2D eigenvalue weighted by atomic mass is 32.2. The van der Waals surface area contributed by atoms with Crippen LogP contribution < -0.4 is 169 Å². The number of rotatable bonds is 69. The van der Waals surface area contributed by atoms with E-state index in [2.05, 4.69) is 117 Å². The van der Waals surface area contributed by atoms with Crippen molar-refractivity contribution in [2.75, 3.05) is 64.7 Å². The van der Waals surface area contributed by atoms with Crippen molar-refractivity contribution in [1.82, 2.24) is 117 Å². The fourth-order valence-electron chi connectivity index (χ4n) is 15.0. The third kappa shape index (κ3) is 49.5. The van der Waals surface area contributed by atoms with Crippen molar-refractivity contribution in [1.29, 1.82) is 53.9 Å². The van der Waals surface area contributed by atoms with Crippen molar-refractivity contribution in [3.8, 4) is 17.2 Å². The van der Waals surface area contributed by atoms with Gasteiger partial charge in [0.1, 0.15) is 66.5 Å². The highest BCUT2D eigenvalue weighted by Crippen LogP contribution is 2.33. The van der Waals surface area contributed by atoms with Gasteiger partial charge in [0, 0.05) is 89.2 Å². The van der Waals surface area contributed by atoms with E-state index >= 15 is 24.0 Å². The second-order valence-corrected chi connectivity index (χ2v) is 35.1. The number of thioether (sulfide) groups is 1. The molecule has 2 aromatic carbocycles. The van der Waals surface area contributed by atoms with E-state index in [9.17, 15) is 58.6 Å². The van der Waals surface area contributed by atoms with Gasteiger partial charge in [0.25, 0.3) is 0 Å². The van der Waals surface area contributed by atoms with Gasteiger partial charge in [-0.1, -0.05) is 42.8 Å². The Labute approximate surface area is 830 Å². The van der Waals surface area contributed by atoms with E-state index in [1.165, 1.54) is 0 Å². The van der Waals surface area contributed by atoms with Crippen LogP contribution in [0.15, 0.2) is 48.5 Å². The lowest BCUT2D eigenvalue weighted by atomic mass is 9.99. The number of fused-ring (bicyclic) bond motifs is 1. The molecule has 0 bridgehead atoms. The van der Waals surface area contributed by atoms with E-state index < -0.39 is 204 Å². The van der Waals surface area contributed by atoms with Crippen LogP contribution in [0.25, 0.3) is 11.1 Å². The number of benzene rings is 2. The number of nitrogens with one attached hydrogen (secondary N) is 31. The molecule has 2 fully saturated rings. The molecule has 0 aliphatic carbocycles. The van der Waals surface area contributed by atoms with Gasteiger partial charge >= 0.3 is 18.0 Å². The van der Waals surface area contributed by atoms with Gasteiger partial charge in [-0.2, -0.15) is 17.0 Å². The van der Waals surface area contributed by atoms with Crippen LogP contribution in [0.5, 0.6) is 0 Å². The first-order valence-electron chi connectivity index (χ1n) is 46.7. The number of nitrogens with two attached hydrogens (primary N) is 9. The molecule has 2 saturated heterocycles. The Bertz CT molecular complexity index is 4720. The van der Waals surface area contributed by atoms with Gasteiger partial charge in [0.15, 0.2) is 53.6 Å². The summed E-state index contributed by atoms with van der Waals surface area (Å²) in [5.74, 6) is -17.5. The molecular formula is C85H143N41O16S. The minimum Gasteiger partial charge on any atom is -0.481 e. The summed E-state index contributed by atoms with van der Waals surface area (Å²) < 4.78 is 0. The minimum absolute atomic E-state index is 0.00385. The van der Waals surface area contributed by atoms with Gasteiger partial charge in [-0.05, 0) is 164 Å². The molecule has 2 aliphatic heterocycles. The van der Waals surface area contributed by atoms with E-state index in [1.807, 2.05) is 6.07 Å². The predicted octanol–water partition coefficient (Wildman–Crippen LogP) is -8.85. The van der Waals surface area contributed by atoms with Crippen molar-refractivity contribution >= 4 is 148 Å². The molecule has 2 aliphatic rings. The number of carbonyl (C=O) groups excluding carboxylic acids is 12. The first-order chi connectivity index (χ1) is 67.9. The normalized spacial score (nSPS) is 15.4. The lowest BCUT2D eigenvalue weighted by Gasteiger charge is -2.29. The van der Waals surface area contributed by atoms with Gasteiger partial charge < -0.3 is 179 Å². The average Bonchev–Trinajstić information content (AvgIpc) is 1.66. The molecule has 0 spiro atoms. The summed E-state index contributed by atoms with van der Waals surface area (Å²) >= 11 is 1.71. The second kappa shape index (κ2) is 65.1.